The molecule has 2 N–H and O–H groups in total. The summed E-state index contributed by atoms with van der Waals surface area (Å²) in [6.07, 6.45) is 6.31. The molecule has 5 rings (SSSR count). The topological polar surface area (TPSA) is 61.7 Å². The van der Waals surface area contributed by atoms with Crippen LogP contribution in [0.3, 0.4) is 0 Å². The molecule has 0 bridgehead atoms. The highest BCUT2D eigenvalue weighted by molar-refractivity contribution is 7.15. The molecule has 7 heteroatoms. The van der Waals surface area contributed by atoms with Gasteiger partial charge in [-0.2, -0.15) is 0 Å². The number of imidazole rings is 1. The van der Waals surface area contributed by atoms with Gasteiger partial charge in [-0.1, -0.05) is 30.3 Å². The Morgan fingerprint density at radius 3 is 3.00 bits per heavy atom. The maximum absolute atomic E-state index is 12.9. The predicted molar refractivity (Wildman–Crippen MR) is 105 cm³/mol. The van der Waals surface area contributed by atoms with Crippen LogP contribution < -0.4 is 10.9 Å². The molecule has 2 saturated heterocycles. The Bertz CT molecular complexity index is 908. The lowest BCUT2D eigenvalue weighted by atomic mass is 9.85. The van der Waals surface area contributed by atoms with E-state index in [1.165, 1.54) is 5.56 Å². The summed E-state index contributed by atoms with van der Waals surface area (Å²) in [6, 6.07) is 11.4. The molecule has 1 amide bonds. The molecule has 3 unspecified atom stereocenters. The van der Waals surface area contributed by atoms with Gasteiger partial charge in [-0.25, -0.2) is 4.98 Å². The van der Waals surface area contributed by atoms with E-state index in [4.69, 9.17) is 0 Å². The van der Waals surface area contributed by atoms with E-state index in [0.717, 1.165) is 36.6 Å². The van der Waals surface area contributed by atoms with Gasteiger partial charge in [0.2, 0.25) is 5.91 Å². The highest BCUT2D eigenvalue weighted by atomic mass is 32.1. The van der Waals surface area contributed by atoms with Crippen molar-refractivity contribution in [3.8, 4) is 0 Å². The van der Waals surface area contributed by atoms with Crippen molar-refractivity contribution in [1.82, 2.24) is 25.1 Å². The highest BCUT2D eigenvalue weighted by Crippen LogP contribution is 2.27. The van der Waals surface area contributed by atoms with Gasteiger partial charge in [-0.3, -0.25) is 20.0 Å². The first-order valence-corrected chi connectivity index (χ1v) is 10.4. The lowest BCUT2D eigenvalue weighted by Gasteiger charge is -2.36. The summed E-state index contributed by atoms with van der Waals surface area (Å²) in [5, 5.41) is 2.01. The van der Waals surface area contributed by atoms with Crippen LogP contribution in [0.15, 0.2) is 48.1 Å². The van der Waals surface area contributed by atoms with Gasteiger partial charge in [0, 0.05) is 48.9 Å². The first kappa shape index (κ1) is 16.9. The molecule has 0 aliphatic carbocycles. The number of nitrogens with zero attached hydrogens (tertiary/aromatic N) is 3. The SMILES string of the molecule is O=C(Cc1cn2ccsc2n1)N1CCC2NNC(Cc3ccccc3)C2C1. The number of piperidine rings is 1. The number of hydrazine groups is 1. The van der Waals surface area contributed by atoms with Crippen LogP contribution in [0.4, 0.5) is 0 Å². The molecule has 27 heavy (non-hydrogen) atoms. The Labute approximate surface area is 162 Å². The van der Waals surface area contributed by atoms with Crippen LogP contribution in [0.1, 0.15) is 17.7 Å². The smallest absolute Gasteiger partial charge is 0.228 e. The van der Waals surface area contributed by atoms with Crippen molar-refractivity contribution in [3.05, 3.63) is 59.4 Å². The molecular weight excluding hydrogens is 358 g/mol. The third-order valence-corrected chi connectivity index (χ3v) is 6.53. The van der Waals surface area contributed by atoms with Gasteiger partial charge in [0.15, 0.2) is 4.96 Å². The molecule has 140 valence electrons. The molecule has 2 aromatic heterocycles. The summed E-state index contributed by atoms with van der Waals surface area (Å²) in [5.74, 6) is 0.623. The first-order chi connectivity index (χ1) is 13.3. The number of benzene rings is 1. The normalized spacial score (nSPS) is 25.0. The minimum Gasteiger partial charge on any atom is -0.342 e. The Hall–Kier alpha value is -2.22. The zero-order valence-electron chi connectivity index (χ0n) is 15.0. The van der Waals surface area contributed by atoms with Gasteiger partial charge in [-0.05, 0) is 18.4 Å². The molecule has 1 aromatic carbocycles. The summed E-state index contributed by atoms with van der Waals surface area (Å²) < 4.78 is 1.99. The van der Waals surface area contributed by atoms with Gasteiger partial charge < -0.3 is 4.90 Å². The second-order valence-electron chi connectivity index (χ2n) is 7.49. The second kappa shape index (κ2) is 7.07. The van der Waals surface area contributed by atoms with Crippen LogP contribution in [-0.2, 0) is 17.6 Å². The van der Waals surface area contributed by atoms with Crippen LogP contribution in [0.2, 0.25) is 0 Å². The number of carbonyl (C=O) groups excluding carboxylic acids is 1. The van der Waals surface area contributed by atoms with E-state index < -0.39 is 0 Å². The van der Waals surface area contributed by atoms with Crippen molar-refractivity contribution in [1.29, 1.82) is 0 Å². The molecule has 0 radical (unpaired) electrons. The van der Waals surface area contributed by atoms with E-state index in [1.807, 2.05) is 33.1 Å². The average molecular weight is 382 g/mol. The number of hydrogen-bond donors (Lipinski definition) is 2. The van der Waals surface area contributed by atoms with Crippen LogP contribution in [-0.4, -0.2) is 45.4 Å². The standard InChI is InChI=1S/C20H23N5OS/c26-19(11-15-12-25-8-9-27-20(25)21-15)24-7-6-17-16(13-24)18(23-22-17)10-14-4-2-1-3-5-14/h1-5,8-9,12,16-18,22-23H,6-7,10-11,13H2. The largest absolute Gasteiger partial charge is 0.342 e. The van der Waals surface area contributed by atoms with E-state index in [2.05, 4.69) is 40.1 Å². The van der Waals surface area contributed by atoms with Gasteiger partial charge in [0.25, 0.3) is 0 Å². The molecular formula is C20H23N5OS. The fourth-order valence-electron chi connectivity index (χ4n) is 4.31. The average Bonchev–Trinajstić information content (AvgIpc) is 3.37. The number of thiazole rings is 1. The molecule has 0 saturated carbocycles. The van der Waals surface area contributed by atoms with Crippen molar-refractivity contribution in [2.45, 2.75) is 31.3 Å². The third-order valence-electron chi connectivity index (χ3n) is 5.76. The van der Waals surface area contributed by atoms with E-state index >= 15 is 0 Å². The number of carbonyl (C=O) groups is 1. The molecule has 6 nitrogen and oxygen atoms in total. The number of fused-ring (bicyclic) bond motifs is 2. The summed E-state index contributed by atoms with van der Waals surface area (Å²) in [6.45, 7) is 1.62. The summed E-state index contributed by atoms with van der Waals surface area (Å²) >= 11 is 1.59. The van der Waals surface area contributed by atoms with Crippen LogP contribution >= 0.6 is 11.3 Å². The Morgan fingerprint density at radius 1 is 1.26 bits per heavy atom. The molecule has 4 heterocycles. The number of likely N-dealkylation sites (tertiary alicyclic amines) is 1. The third kappa shape index (κ3) is 3.38. The highest BCUT2D eigenvalue weighted by Gasteiger charge is 2.40. The fraction of sp³-hybridized carbons (Fsp3) is 0.400. The van der Waals surface area contributed by atoms with Gasteiger partial charge in [-0.15, -0.1) is 11.3 Å². The fourth-order valence-corrected chi connectivity index (χ4v) is 5.03. The first-order valence-electron chi connectivity index (χ1n) is 9.50. The van der Waals surface area contributed by atoms with Gasteiger partial charge in [0.1, 0.15) is 0 Å². The van der Waals surface area contributed by atoms with Crippen molar-refractivity contribution < 1.29 is 4.79 Å². The molecule has 0 spiro atoms. The van der Waals surface area contributed by atoms with Crippen molar-refractivity contribution in [2.75, 3.05) is 13.1 Å². The van der Waals surface area contributed by atoms with E-state index in [-0.39, 0.29) is 5.91 Å². The Morgan fingerprint density at radius 2 is 2.15 bits per heavy atom. The zero-order valence-corrected chi connectivity index (χ0v) is 15.9. The predicted octanol–water partition coefficient (Wildman–Crippen LogP) is 1.87. The number of amides is 1. The number of rotatable bonds is 4. The van der Waals surface area contributed by atoms with E-state index in [1.54, 1.807) is 11.3 Å². The monoisotopic (exact) mass is 381 g/mol. The minimum atomic E-state index is 0.185. The maximum Gasteiger partial charge on any atom is 0.228 e. The summed E-state index contributed by atoms with van der Waals surface area (Å²) in [4.78, 5) is 20.4. The van der Waals surface area contributed by atoms with Crippen molar-refractivity contribution in [3.63, 3.8) is 0 Å². The zero-order chi connectivity index (χ0) is 18.2. The van der Waals surface area contributed by atoms with Gasteiger partial charge in [0.05, 0.1) is 12.1 Å². The van der Waals surface area contributed by atoms with Crippen molar-refractivity contribution in [2.24, 2.45) is 5.92 Å². The Kier molecular flexibility index (Phi) is 4.43. The van der Waals surface area contributed by atoms with Gasteiger partial charge >= 0.3 is 0 Å². The van der Waals surface area contributed by atoms with Crippen molar-refractivity contribution >= 4 is 22.2 Å². The lowest BCUT2D eigenvalue weighted by Crippen LogP contribution is -2.49. The number of hydrogen-bond acceptors (Lipinski definition) is 5. The lowest BCUT2D eigenvalue weighted by molar-refractivity contribution is -0.132. The van der Waals surface area contributed by atoms with Crippen LogP contribution in [0.25, 0.3) is 4.96 Å². The maximum atomic E-state index is 12.9. The number of aromatic nitrogens is 2. The number of nitrogens with one attached hydrogen (secondary N) is 2. The van der Waals surface area contributed by atoms with E-state index in [0.29, 0.717) is 24.4 Å². The summed E-state index contributed by atoms with van der Waals surface area (Å²) in [5.41, 5.74) is 9.11. The quantitative estimate of drug-likeness (QED) is 0.724. The molecule has 3 aromatic rings. The van der Waals surface area contributed by atoms with Crippen LogP contribution in [0.5, 0.6) is 0 Å². The minimum absolute atomic E-state index is 0.185. The van der Waals surface area contributed by atoms with E-state index in [9.17, 15) is 4.79 Å². The molecule has 2 aliphatic heterocycles. The second-order valence-corrected chi connectivity index (χ2v) is 8.36. The molecule has 2 aliphatic rings. The molecule has 3 atom stereocenters. The molecule has 2 fully saturated rings. The Balaban J connectivity index is 1.25. The van der Waals surface area contributed by atoms with Crippen LogP contribution in [0, 0.1) is 5.92 Å². The summed E-state index contributed by atoms with van der Waals surface area (Å²) in [7, 11) is 0.